The fourth-order valence-corrected chi connectivity index (χ4v) is 7.18. The first-order valence-corrected chi connectivity index (χ1v) is 18.8. The lowest BCUT2D eigenvalue weighted by atomic mass is 9.84. The minimum Gasteiger partial charge on any atom is -0.497 e. The van der Waals surface area contributed by atoms with Crippen LogP contribution in [0.5, 0.6) is 5.75 Å². The molecule has 0 unspecified atom stereocenters. The molecule has 2 heterocycles. The molecule has 0 N–H and O–H groups in total. The predicted octanol–water partition coefficient (Wildman–Crippen LogP) is 12.9. The van der Waals surface area contributed by atoms with Gasteiger partial charge in [0.05, 0.1) is 24.2 Å². The van der Waals surface area contributed by atoms with E-state index in [4.69, 9.17) is 9.73 Å². The van der Waals surface area contributed by atoms with Crippen LogP contribution in [0.25, 0.3) is 33.5 Å². The van der Waals surface area contributed by atoms with Crippen molar-refractivity contribution >= 4 is 24.3 Å². The van der Waals surface area contributed by atoms with E-state index in [2.05, 4.69) is 108 Å². The van der Waals surface area contributed by atoms with Crippen molar-refractivity contribution in [1.29, 1.82) is 0 Å². The number of ether oxygens (including phenoxy) is 1. The smallest absolute Gasteiger partial charge is 0.497 e. The van der Waals surface area contributed by atoms with Crippen LogP contribution in [0.2, 0.25) is 0 Å². The first-order chi connectivity index (χ1) is 26.2. The molecule has 1 aliphatic heterocycles. The number of aromatic nitrogens is 1. The van der Waals surface area contributed by atoms with Crippen molar-refractivity contribution in [2.45, 2.75) is 59.3 Å². The van der Waals surface area contributed by atoms with Gasteiger partial charge >= 0.3 is 7.40 Å². The lowest BCUT2D eigenvalue weighted by molar-refractivity contribution is 0.415. The van der Waals surface area contributed by atoms with E-state index in [1.54, 1.807) is 7.11 Å². The summed E-state index contributed by atoms with van der Waals surface area (Å²) < 4.78 is 38.7. The zero-order valence-corrected chi connectivity index (χ0v) is 32.9. The lowest BCUT2D eigenvalue weighted by Gasteiger charge is -2.22. The van der Waals surface area contributed by atoms with Gasteiger partial charge < -0.3 is 9.21 Å². The van der Waals surface area contributed by atoms with Crippen molar-refractivity contribution in [3.8, 4) is 28.1 Å². The Hall–Kier alpha value is -5.75. The van der Waals surface area contributed by atoms with Gasteiger partial charge in [0.15, 0.2) is 0 Å². The van der Waals surface area contributed by atoms with Gasteiger partial charge in [0, 0.05) is 28.0 Å². The van der Waals surface area contributed by atoms with Crippen LogP contribution in [-0.4, -0.2) is 24.7 Å². The number of nitrogens with zero attached hydrogens (tertiary/aromatic N) is 2. The molecule has 0 saturated carbocycles. The molecule has 0 saturated heterocycles. The van der Waals surface area contributed by atoms with Crippen molar-refractivity contribution in [3.63, 3.8) is 0 Å². The van der Waals surface area contributed by atoms with E-state index >= 15 is 8.63 Å². The summed E-state index contributed by atoms with van der Waals surface area (Å²) in [5.74, 6) is 0.653. The molecule has 0 atom stereocenters. The average molecular weight is 729 g/mol. The SMILES string of the molecule is COc1ccc(-c2cc(-c3ccc(C)cc3)c(/C(=C3\N=C(c4ccc(C(C)(C)C)cc4)C=C3c3ccccc3)c3ccc(C(C)(C)C)cc3)n2B(F)F)cc1. The van der Waals surface area contributed by atoms with Crippen LogP contribution in [0.3, 0.4) is 0 Å². The average Bonchev–Trinajstić information content (AvgIpc) is 3.79. The third-order valence-electron chi connectivity index (χ3n) is 10.4. The summed E-state index contributed by atoms with van der Waals surface area (Å²) in [5.41, 5.74) is 12.0. The third-order valence-corrected chi connectivity index (χ3v) is 10.4. The Bertz CT molecular complexity index is 2410. The second-order valence-electron chi connectivity index (χ2n) is 16.3. The molecule has 6 aromatic rings. The molecule has 0 spiro atoms. The van der Waals surface area contributed by atoms with Gasteiger partial charge in [-0.15, -0.1) is 0 Å². The van der Waals surface area contributed by atoms with Crippen molar-refractivity contribution in [3.05, 3.63) is 184 Å². The minimum absolute atomic E-state index is 0.00679. The number of allylic oxidation sites excluding steroid dienone is 2. The van der Waals surface area contributed by atoms with E-state index in [1.807, 2.05) is 79.7 Å². The van der Waals surface area contributed by atoms with Crippen molar-refractivity contribution < 1.29 is 13.4 Å². The number of hydrogen-bond acceptors (Lipinski definition) is 2. The Morgan fingerprint density at radius 3 is 1.73 bits per heavy atom. The van der Waals surface area contributed by atoms with E-state index < -0.39 is 7.40 Å². The molecule has 1 aliphatic rings. The van der Waals surface area contributed by atoms with Crippen LogP contribution in [-0.2, 0) is 10.8 Å². The largest absolute Gasteiger partial charge is 0.678 e. The van der Waals surface area contributed by atoms with E-state index in [0.717, 1.165) is 44.7 Å². The van der Waals surface area contributed by atoms with Gasteiger partial charge in [0.25, 0.3) is 0 Å². The highest BCUT2D eigenvalue weighted by Crippen LogP contribution is 2.46. The van der Waals surface area contributed by atoms with Gasteiger partial charge in [-0.3, -0.25) is 8.63 Å². The first kappa shape index (κ1) is 37.6. The number of halogens is 2. The van der Waals surface area contributed by atoms with Gasteiger partial charge in [-0.2, -0.15) is 0 Å². The fourth-order valence-electron chi connectivity index (χ4n) is 7.18. The number of aliphatic imine (C=N–C) groups is 1. The molecule has 0 radical (unpaired) electrons. The van der Waals surface area contributed by atoms with Crippen LogP contribution in [0.1, 0.15) is 80.6 Å². The zero-order chi connectivity index (χ0) is 39.1. The predicted molar refractivity (Wildman–Crippen MR) is 227 cm³/mol. The Balaban J connectivity index is 1.60. The Kier molecular flexibility index (Phi) is 10.1. The van der Waals surface area contributed by atoms with Gasteiger partial charge in [0.1, 0.15) is 5.75 Å². The summed E-state index contributed by atoms with van der Waals surface area (Å²) in [6.07, 6.45) is 2.10. The molecule has 0 amide bonds. The van der Waals surface area contributed by atoms with Gasteiger partial charge in [0.2, 0.25) is 0 Å². The molecule has 276 valence electrons. The number of hydrogen-bond donors (Lipinski definition) is 0. The Morgan fingerprint density at radius 1 is 0.636 bits per heavy atom. The molecule has 1 aromatic heterocycles. The number of aryl methyl sites for hydroxylation is 1. The fraction of sp³-hybridized carbons (Fsp3) is 0.204. The second kappa shape index (κ2) is 14.8. The maximum Gasteiger partial charge on any atom is 0.678 e. The highest BCUT2D eigenvalue weighted by Gasteiger charge is 2.34. The first-order valence-electron chi connectivity index (χ1n) is 18.8. The standard InChI is InChI=1S/C49H47BF2N2O/c1-32-14-16-34(17-15-32)42-31-44(36-22-28-40(55-8)29-23-36)54(50(51)52)47(42)45(37-20-26-39(27-21-37)49(5,6)7)46-41(33-12-10-9-11-13-33)30-43(53-46)35-18-24-38(25-19-35)48(2,3)4/h9-31H,1-8H3/b46-45-. The summed E-state index contributed by atoms with van der Waals surface area (Å²) in [5, 5.41) is 0. The van der Waals surface area contributed by atoms with Gasteiger partial charge in [-0.25, -0.2) is 4.99 Å². The quantitative estimate of drug-likeness (QED) is 0.143. The van der Waals surface area contributed by atoms with Crippen LogP contribution in [0, 0.1) is 6.92 Å². The maximum atomic E-state index is 16.1. The van der Waals surface area contributed by atoms with E-state index in [-0.39, 0.29) is 10.8 Å². The molecular formula is C49H47BF2N2O. The van der Waals surface area contributed by atoms with E-state index in [1.165, 1.54) is 10.0 Å². The number of benzene rings is 5. The van der Waals surface area contributed by atoms with Crippen LogP contribution in [0.15, 0.2) is 150 Å². The molecule has 6 heteroatoms. The number of methoxy groups -OCH3 is 1. The molecule has 0 aliphatic carbocycles. The molecule has 7 rings (SSSR count). The topological polar surface area (TPSA) is 26.5 Å². The molecule has 5 aromatic carbocycles. The van der Waals surface area contributed by atoms with E-state index in [0.29, 0.717) is 39.5 Å². The van der Waals surface area contributed by atoms with E-state index in [9.17, 15) is 0 Å². The Morgan fingerprint density at radius 2 is 1.18 bits per heavy atom. The summed E-state index contributed by atoms with van der Waals surface area (Å²) in [6, 6.07) is 44.3. The summed E-state index contributed by atoms with van der Waals surface area (Å²) in [4.78, 5) is 5.42. The van der Waals surface area contributed by atoms with Gasteiger partial charge in [-0.05, 0) is 87.5 Å². The minimum atomic E-state index is -2.87. The van der Waals surface area contributed by atoms with Crippen LogP contribution >= 0.6 is 0 Å². The molecular weight excluding hydrogens is 681 g/mol. The zero-order valence-electron chi connectivity index (χ0n) is 32.9. The van der Waals surface area contributed by atoms with Crippen molar-refractivity contribution in [2.24, 2.45) is 4.99 Å². The second-order valence-corrected chi connectivity index (χ2v) is 16.3. The normalized spacial score (nSPS) is 14.1. The highest BCUT2D eigenvalue weighted by atomic mass is 19.2. The summed E-state index contributed by atoms with van der Waals surface area (Å²) in [7, 11) is -1.27. The Labute approximate surface area is 325 Å². The maximum absolute atomic E-state index is 16.1. The van der Waals surface area contributed by atoms with Crippen LogP contribution < -0.4 is 4.74 Å². The molecule has 0 fully saturated rings. The molecule has 55 heavy (non-hydrogen) atoms. The lowest BCUT2D eigenvalue weighted by Crippen LogP contribution is -2.18. The van der Waals surface area contributed by atoms with Crippen molar-refractivity contribution in [1.82, 2.24) is 4.48 Å². The number of rotatable bonds is 8. The molecule has 0 bridgehead atoms. The van der Waals surface area contributed by atoms with Crippen LogP contribution in [0.4, 0.5) is 8.63 Å². The molecule has 3 nitrogen and oxygen atoms in total. The highest BCUT2D eigenvalue weighted by molar-refractivity contribution is 6.42. The summed E-state index contributed by atoms with van der Waals surface area (Å²) >= 11 is 0. The van der Waals surface area contributed by atoms with Gasteiger partial charge in [-0.1, -0.05) is 150 Å². The third kappa shape index (κ3) is 7.64. The summed E-state index contributed by atoms with van der Waals surface area (Å²) in [6.45, 7) is 15.2. The monoisotopic (exact) mass is 728 g/mol. The van der Waals surface area contributed by atoms with Crippen molar-refractivity contribution in [2.75, 3.05) is 7.11 Å².